The van der Waals surface area contributed by atoms with E-state index in [-0.39, 0.29) is 11.3 Å². The number of hydrogen-bond donors (Lipinski definition) is 0. The molecule has 5 heteroatoms. The number of likely N-dealkylation sites (tertiary alicyclic amines) is 1. The molecule has 1 amide bonds. The van der Waals surface area contributed by atoms with Crippen LogP contribution in [-0.2, 0) is 10.2 Å². The van der Waals surface area contributed by atoms with Crippen LogP contribution in [0.2, 0.25) is 0 Å². The SMILES string of the molecule is CC1CC(C(=O)N2C[C@@H]3CCC[C@]3(c3nnc(C4CC4)o3)C2)C1. The van der Waals surface area contributed by atoms with E-state index in [0.717, 1.165) is 50.1 Å². The Hall–Kier alpha value is -1.39. The maximum Gasteiger partial charge on any atom is 0.225 e. The van der Waals surface area contributed by atoms with E-state index in [0.29, 0.717) is 17.7 Å². The Bertz CT molecular complexity index is 632. The molecule has 0 radical (unpaired) electrons. The zero-order valence-corrected chi connectivity index (χ0v) is 13.8. The second-order valence-electron chi connectivity index (χ2n) is 8.46. The summed E-state index contributed by atoms with van der Waals surface area (Å²) in [5.74, 6) is 4.03. The maximum atomic E-state index is 12.8. The van der Waals surface area contributed by atoms with Crippen molar-refractivity contribution in [2.24, 2.45) is 17.8 Å². The molecule has 4 aliphatic rings. The molecule has 2 atom stereocenters. The lowest BCUT2D eigenvalue weighted by Crippen LogP contribution is -2.42. The molecule has 0 unspecified atom stereocenters. The highest BCUT2D eigenvalue weighted by atomic mass is 16.4. The van der Waals surface area contributed by atoms with Gasteiger partial charge in [-0.3, -0.25) is 4.79 Å². The second-order valence-corrected chi connectivity index (χ2v) is 8.46. The molecule has 4 fully saturated rings. The molecule has 2 heterocycles. The van der Waals surface area contributed by atoms with E-state index in [1.807, 2.05) is 0 Å². The van der Waals surface area contributed by atoms with Gasteiger partial charge in [-0.15, -0.1) is 10.2 Å². The van der Waals surface area contributed by atoms with E-state index < -0.39 is 0 Å². The van der Waals surface area contributed by atoms with Crippen LogP contribution in [0.3, 0.4) is 0 Å². The van der Waals surface area contributed by atoms with Gasteiger partial charge >= 0.3 is 0 Å². The third-order valence-corrected chi connectivity index (χ3v) is 6.70. The maximum absolute atomic E-state index is 12.8. The predicted octanol–water partition coefficient (Wildman–Crippen LogP) is 2.87. The lowest BCUT2D eigenvalue weighted by atomic mass is 9.75. The highest BCUT2D eigenvalue weighted by Gasteiger charge is 2.56. The summed E-state index contributed by atoms with van der Waals surface area (Å²) in [6.45, 7) is 3.93. The van der Waals surface area contributed by atoms with E-state index in [9.17, 15) is 4.79 Å². The Labute approximate surface area is 136 Å². The summed E-state index contributed by atoms with van der Waals surface area (Å²) in [7, 11) is 0. The van der Waals surface area contributed by atoms with Crippen molar-refractivity contribution in [1.29, 1.82) is 0 Å². The fraction of sp³-hybridized carbons (Fsp3) is 0.833. The zero-order chi connectivity index (χ0) is 15.6. The molecule has 5 nitrogen and oxygen atoms in total. The van der Waals surface area contributed by atoms with E-state index in [2.05, 4.69) is 22.0 Å². The van der Waals surface area contributed by atoms with Gasteiger partial charge in [0, 0.05) is 24.9 Å². The molecule has 0 bridgehead atoms. The third kappa shape index (κ3) is 2.08. The summed E-state index contributed by atoms with van der Waals surface area (Å²) in [5.41, 5.74) is -0.0504. The number of hydrogen-bond acceptors (Lipinski definition) is 4. The van der Waals surface area contributed by atoms with Gasteiger partial charge in [-0.25, -0.2) is 0 Å². The van der Waals surface area contributed by atoms with Crippen LogP contribution in [0.1, 0.15) is 69.6 Å². The van der Waals surface area contributed by atoms with Gasteiger partial charge in [0.1, 0.15) is 0 Å². The summed E-state index contributed by atoms with van der Waals surface area (Å²) >= 11 is 0. The van der Waals surface area contributed by atoms with Gasteiger partial charge in [0.05, 0.1) is 5.41 Å². The fourth-order valence-corrected chi connectivity index (χ4v) is 5.10. The summed E-state index contributed by atoms with van der Waals surface area (Å²) in [6.07, 6.45) is 8.00. The van der Waals surface area contributed by atoms with Crippen LogP contribution in [0.5, 0.6) is 0 Å². The Morgan fingerprint density at radius 1 is 1.26 bits per heavy atom. The molecule has 1 saturated heterocycles. The molecule has 1 aliphatic heterocycles. The molecule has 3 aliphatic carbocycles. The smallest absolute Gasteiger partial charge is 0.225 e. The molecule has 124 valence electrons. The molecule has 0 N–H and O–H groups in total. The minimum atomic E-state index is -0.0504. The molecular formula is C18H25N3O2. The van der Waals surface area contributed by atoms with E-state index in [1.165, 1.54) is 25.7 Å². The Morgan fingerprint density at radius 3 is 2.83 bits per heavy atom. The van der Waals surface area contributed by atoms with Crippen LogP contribution in [0.4, 0.5) is 0 Å². The van der Waals surface area contributed by atoms with Gasteiger partial charge in [0.25, 0.3) is 0 Å². The monoisotopic (exact) mass is 315 g/mol. The normalized spacial score (nSPS) is 39.3. The van der Waals surface area contributed by atoms with Crippen LogP contribution in [0.15, 0.2) is 4.42 Å². The minimum absolute atomic E-state index is 0.0504. The number of carbonyl (C=O) groups is 1. The summed E-state index contributed by atoms with van der Waals surface area (Å²) in [6, 6.07) is 0. The third-order valence-electron chi connectivity index (χ3n) is 6.70. The van der Waals surface area contributed by atoms with E-state index in [1.54, 1.807) is 0 Å². The summed E-state index contributed by atoms with van der Waals surface area (Å²) in [5, 5.41) is 8.72. The number of aromatic nitrogens is 2. The van der Waals surface area contributed by atoms with Crippen molar-refractivity contribution in [2.45, 2.75) is 63.2 Å². The average Bonchev–Trinajstić information content (AvgIpc) is 2.96. The molecule has 1 aromatic rings. The lowest BCUT2D eigenvalue weighted by Gasteiger charge is -2.35. The van der Waals surface area contributed by atoms with Crippen LogP contribution in [0.25, 0.3) is 0 Å². The topological polar surface area (TPSA) is 59.2 Å². The van der Waals surface area contributed by atoms with Crippen molar-refractivity contribution in [1.82, 2.24) is 15.1 Å². The average molecular weight is 315 g/mol. The molecular weight excluding hydrogens is 290 g/mol. The van der Waals surface area contributed by atoms with Crippen LogP contribution >= 0.6 is 0 Å². The van der Waals surface area contributed by atoms with Crippen molar-refractivity contribution < 1.29 is 9.21 Å². The number of carbonyl (C=O) groups excluding carboxylic acids is 1. The first kappa shape index (κ1) is 14.0. The quantitative estimate of drug-likeness (QED) is 0.860. The van der Waals surface area contributed by atoms with Crippen molar-refractivity contribution in [2.75, 3.05) is 13.1 Å². The number of fused-ring (bicyclic) bond motifs is 1. The van der Waals surface area contributed by atoms with Gasteiger partial charge in [0.2, 0.25) is 17.7 Å². The highest BCUT2D eigenvalue weighted by molar-refractivity contribution is 5.80. The van der Waals surface area contributed by atoms with Crippen molar-refractivity contribution in [3.63, 3.8) is 0 Å². The molecule has 1 aromatic heterocycles. The first-order valence-electron chi connectivity index (χ1n) is 9.28. The molecule has 3 saturated carbocycles. The minimum Gasteiger partial charge on any atom is -0.424 e. The fourth-order valence-electron chi connectivity index (χ4n) is 5.10. The Balaban J connectivity index is 1.38. The predicted molar refractivity (Wildman–Crippen MR) is 83.8 cm³/mol. The van der Waals surface area contributed by atoms with Gasteiger partial charge in [-0.1, -0.05) is 13.3 Å². The number of nitrogens with zero attached hydrogens (tertiary/aromatic N) is 3. The van der Waals surface area contributed by atoms with E-state index in [4.69, 9.17) is 4.42 Å². The Morgan fingerprint density at radius 2 is 2.09 bits per heavy atom. The zero-order valence-electron chi connectivity index (χ0n) is 13.8. The van der Waals surface area contributed by atoms with Gasteiger partial charge in [-0.05, 0) is 50.4 Å². The van der Waals surface area contributed by atoms with Gasteiger partial charge < -0.3 is 9.32 Å². The van der Waals surface area contributed by atoms with Crippen LogP contribution < -0.4 is 0 Å². The van der Waals surface area contributed by atoms with Crippen molar-refractivity contribution in [3.05, 3.63) is 11.8 Å². The van der Waals surface area contributed by atoms with Crippen LogP contribution in [-0.4, -0.2) is 34.1 Å². The second kappa shape index (κ2) is 4.81. The van der Waals surface area contributed by atoms with E-state index >= 15 is 0 Å². The molecule has 0 spiro atoms. The molecule has 5 rings (SSSR count). The summed E-state index contributed by atoms with van der Waals surface area (Å²) in [4.78, 5) is 14.9. The van der Waals surface area contributed by atoms with Crippen LogP contribution in [0, 0.1) is 17.8 Å². The highest BCUT2D eigenvalue weighted by Crippen LogP contribution is 2.51. The Kier molecular flexibility index (Phi) is 2.92. The lowest BCUT2D eigenvalue weighted by molar-refractivity contribution is -0.139. The number of amides is 1. The van der Waals surface area contributed by atoms with Crippen molar-refractivity contribution >= 4 is 5.91 Å². The standard InChI is InChI=1S/C18H25N3O2/c1-11-7-13(8-11)16(22)21-9-14-3-2-6-18(14,10-21)17-20-19-15(23-17)12-4-5-12/h11-14H,2-10H2,1H3/t11?,13?,14-,18-/m0/s1. The number of rotatable bonds is 3. The molecule has 0 aromatic carbocycles. The van der Waals surface area contributed by atoms with Gasteiger partial charge in [0.15, 0.2) is 0 Å². The molecule has 23 heavy (non-hydrogen) atoms. The largest absolute Gasteiger partial charge is 0.424 e. The first-order chi connectivity index (χ1) is 11.2. The first-order valence-corrected chi connectivity index (χ1v) is 9.28. The summed E-state index contributed by atoms with van der Waals surface area (Å²) < 4.78 is 6.08. The van der Waals surface area contributed by atoms with Gasteiger partial charge in [-0.2, -0.15) is 0 Å². The van der Waals surface area contributed by atoms with Crippen molar-refractivity contribution in [3.8, 4) is 0 Å².